The Morgan fingerprint density at radius 1 is 1.14 bits per heavy atom. The molecule has 0 aromatic heterocycles. The molecule has 0 unspecified atom stereocenters. The Kier molecular flexibility index (Phi) is 5.49. The van der Waals surface area contributed by atoms with Gasteiger partial charge in [0, 0.05) is 6.54 Å². The molecule has 2 amide bonds. The van der Waals surface area contributed by atoms with Crippen LogP contribution in [0.15, 0.2) is 54.6 Å². The third-order valence-electron chi connectivity index (χ3n) is 3.34. The molecule has 0 saturated heterocycles. The van der Waals surface area contributed by atoms with Crippen molar-refractivity contribution in [2.75, 3.05) is 6.54 Å². The Bertz CT molecular complexity index is 619. The smallest absolute Gasteiger partial charge is 0.315 e. The van der Waals surface area contributed by atoms with E-state index < -0.39 is 11.9 Å². The zero-order chi connectivity index (χ0) is 15.9. The lowest BCUT2D eigenvalue weighted by Crippen LogP contribution is -2.39. The minimum atomic E-state index is -0.950. The number of hydrogen-bond acceptors (Lipinski definition) is 2. The Morgan fingerprint density at radius 3 is 2.50 bits per heavy atom. The van der Waals surface area contributed by atoms with Crippen LogP contribution >= 0.6 is 0 Å². The number of carbonyl (C=O) groups is 1. The number of rotatable bonds is 5. The van der Waals surface area contributed by atoms with Crippen molar-refractivity contribution in [1.82, 2.24) is 10.6 Å². The van der Waals surface area contributed by atoms with Crippen LogP contribution in [0.5, 0.6) is 0 Å². The third kappa shape index (κ3) is 4.56. The molecule has 0 aliphatic rings. The van der Waals surface area contributed by atoms with Crippen LogP contribution in [0.4, 0.5) is 9.18 Å². The van der Waals surface area contributed by atoms with Crippen molar-refractivity contribution in [2.45, 2.75) is 19.1 Å². The molecule has 0 bridgehead atoms. The van der Waals surface area contributed by atoms with Crippen LogP contribution in [0.2, 0.25) is 0 Å². The maximum Gasteiger partial charge on any atom is 0.315 e. The monoisotopic (exact) mass is 302 g/mol. The summed E-state index contributed by atoms with van der Waals surface area (Å²) in [6.07, 6.45) is -0.950. The third-order valence-corrected chi connectivity index (χ3v) is 3.34. The lowest BCUT2D eigenvalue weighted by molar-refractivity contribution is 0.172. The summed E-state index contributed by atoms with van der Waals surface area (Å²) in [5, 5.41) is 15.3. The molecule has 116 valence electrons. The molecule has 0 fully saturated rings. The van der Waals surface area contributed by atoms with Gasteiger partial charge in [0.1, 0.15) is 5.82 Å². The van der Waals surface area contributed by atoms with Gasteiger partial charge in [-0.05, 0) is 30.2 Å². The first-order valence-electron chi connectivity index (χ1n) is 7.09. The van der Waals surface area contributed by atoms with E-state index in [9.17, 15) is 14.3 Å². The van der Waals surface area contributed by atoms with Crippen LogP contribution in [0.1, 0.15) is 30.2 Å². The molecule has 5 heteroatoms. The molecule has 2 aromatic rings. The Balaban J connectivity index is 1.82. The number of halogens is 1. The van der Waals surface area contributed by atoms with Gasteiger partial charge in [-0.25, -0.2) is 9.18 Å². The van der Waals surface area contributed by atoms with E-state index in [1.54, 1.807) is 6.07 Å². The number of nitrogens with one attached hydrogen (secondary N) is 2. The standard InChI is InChI=1S/C17H19FN2O2/c1-12(13-6-3-2-4-7-13)20-17(22)19-11-16(21)14-8-5-9-15(18)10-14/h2-10,12,16,21H,11H2,1H3,(H2,19,20,22)/t12-,16-/m1/s1. The molecule has 0 radical (unpaired) electrons. The van der Waals surface area contributed by atoms with E-state index in [1.165, 1.54) is 18.2 Å². The summed E-state index contributed by atoms with van der Waals surface area (Å²) in [5.41, 5.74) is 1.42. The van der Waals surface area contributed by atoms with Gasteiger partial charge in [0.25, 0.3) is 0 Å². The first-order chi connectivity index (χ1) is 10.6. The van der Waals surface area contributed by atoms with Crippen molar-refractivity contribution < 1.29 is 14.3 Å². The van der Waals surface area contributed by atoms with E-state index in [4.69, 9.17) is 0 Å². The molecule has 0 aliphatic carbocycles. The van der Waals surface area contributed by atoms with E-state index >= 15 is 0 Å². The number of aliphatic hydroxyl groups is 1. The highest BCUT2D eigenvalue weighted by Gasteiger charge is 2.12. The van der Waals surface area contributed by atoms with E-state index in [2.05, 4.69) is 10.6 Å². The summed E-state index contributed by atoms with van der Waals surface area (Å²) in [6.45, 7) is 1.88. The van der Waals surface area contributed by atoms with Gasteiger partial charge in [-0.2, -0.15) is 0 Å². The van der Waals surface area contributed by atoms with Crippen molar-refractivity contribution in [3.05, 3.63) is 71.5 Å². The number of carbonyl (C=O) groups excluding carboxylic acids is 1. The van der Waals surface area contributed by atoms with Crippen LogP contribution in [-0.4, -0.2) is 17.7 Å². The first-order valence-corrected chi connectivity index (χ1v) is 7.09. The van der Waals surface area contributed by atoms with Crippen molar-refractivity contribution in [1.29, 1.82) is 0 Å². The van der Waals surface area contributed by atoms with Crippen molar-refractivity contribution in [3.63, 3.8) is 0 Å². The second kappa shape index (κ2) is 7.56. The van der Waals surface area contributed by atoms with Crippen molar-refractivity contribution in [3.8, 4) is 0 Å². The number of benzene rings is 2. The number of amides is 2. The van der Waals surface area contributed by atoms with Gasteiger partial charge in [-0.15, -0.1) is 0 Å². The topological polar surface area (TPSA) is 61.4 Å². The van der Waals surface area contributed by atoms with Crippen molar-refractivity contribution in [2.24, 2.45) is 0 Å². The second-order valence-corrected chi connectivity index (χ2v) is 5.06. The minimum Gasteiger partial charge on any atom is -0.387 e. The van der Waals surface area contributed by atoms with E-state index in [-0.39, 0.29) is 18.6 Å². The fraction of sp³-hybridized carbons (Fsp3) is 0.235. The highest BCUT2D eigenvalue weighted by atomic mass is 19.1. The highest BCUT2D eigenvalue weighted by molar-refractivity contribution is 5.74. The van der Waals surface area contributed by atoms with E-state index in [0.29, 0.717) is 5.56 Å². The number of hydrogen-bond donors (Lipinski definition) is 3. The predicted molar refractivity (Wildman–Crippen MR) is 82.8 cm³/mol. The SMILES string of the molecule is C[C@@H](NC(=O)NC[C@@H](O)c1cccc(F)c1)c1ccccc1. The molecular weight excluding hydrogens is 283 g/mol. The molecule has 0 spiro atoms. The Labute approximate surface area is 129 Å². The van der Waals surface area contributed by atoms with Crippen molar-refractivity contribution >= 4 is 6.03 Å². The average Bonchev–Trinajstić information content (AvgIpc) is 2.53. The van der Waals surface area contributed by atoms with Crippen LogP contribution in [0.25, 0.3) is 0 Å². The maximum absolute atomic E-state index is 13.1. The summed E-state index contributed by atoms with van der Waals surface area (Å²) in [5.74, 6) is -0.418. The summed E-state index contributed by atoms with van der Waals surface area (Å²) in [7, 11) is 0. The van der Waals surface area contributed by atoms with Gasteiger partial charge < -0.3 is 15.7 Å². The normalized spacial score (nSPS) is 13.2. The molecule has 22 heavy (non-hydrogen) atoms. The van der Waals surface area contributed by atoms with Crippen LogP contribution in [0, 0.1) is 5.82 Å². The molecule has 2 aromatic carbocycles. The average molecular weight is 302 g/mol. The van der Waals surface area contributed by atoms with Gasteiger partial charge in [-0.1, -0.05) is 42.5 Å². The zero-order valence-electron chi connectivity index (χ0n) is 12.3. The minimum absolute atomic E-state index is 0.0107. The second-order valence-electron chi connectivity index (χ2n) is 5.06. The number of urea groups is 1. The molecule has 2 atom stereocenters. The Hall–Kier alpha value is -2.40. The van der Waals surface area contributed by atoms with Crippen LogP contribution in [0.3, 0.4) is 0 Å². The summed E-state index contributed by atoms with van der Waals surface area (Å²) < 4.78 is 13.1. The molecule has 0 saturated carbocycles. The highest BCUT2D eigenvalue weighted by Crippen LogP contribution is 2.13. The largest absolute Gasteiger partial charge is 0.387 e. The lowest BCUT2D eigenvalue weighted by atomic mass is 10.1. The number of aliphatic hydroxyl groups excluding tert-OH is 1. The summed E-state index contributed by atoms with van der Waals surface area (Å²) >= 11 is 0. The maximum atomic E-state index is 13.1. The molecule has 3 N–H and O–H groups in total. The Morgan fingerprint density at radius 2 is 1.82 bits per heavy atom. The quantitative estimate of drug-likeness (QED) is 0.795. The van der Waals surface area contributed by atoms with Gasteiger partial charge in [0.2, 0.25) is 0 Å². The molecular formula is C17H19FN2O2. The van der Waals surface area contributed by atoms with E-state index in [1.807, 2.05) is 37.3 Å². The molecule has 0 heterocycles. The van der Waals surface area contributed by atoms with Crippen LogP contribution in [-0.2, 0) is 0 Å². The van der Waals surface area contributed by atoms with Gasteiger partial charge >= 0.3 is 6.03 Å². The lowest BCUT2D eigenvalue weighted by Gasteiger charge is -2.17. The first kappa shape index (κ1) is 16.0. The van der Waals surface area contributed by atoms with Gasteiger partial charge in [-0.3, -0.25) is 0 Å². The van der Waals surface area contributed by atoms with Gasteiger partial charge in [0.15, 0.2) is 0 Å². The predicted octanol–water partition coefficient (Wildman–Crippen LogP) is 2.92. The molecule has 0 aliphatic heterocycles. The van der Waals surface area contributed by atoms with Gasteiger partial charge in [0.05, 0.1) is 12.1 Å². The summed E-state index contributed by atoms with van der Waals surface area (Å²) in [4.78, 5) is 11.8. The fourth-order valence-corrected chi connectivity index (χ4v) is 2.09. The molecule has 2 rings (SSSR count). The van der Waals surface area contributed by atoms with Crippen LogP contribution < -0.4 is 10.6 Å². The molecule has 4 nitrogen and oxygen atoms in total. The summed E-state index contributed by atoms with van der Waals surface area (Å²) in [6, 6.07) is 14.7. The zero-order valence-corrected chi connectivity index (χ0v) is 12.3. The fourth-order valence-electron chi connectivity index (χ4n) is 2.09. The van der Waals surface area contributed by atoms with E-state index in [0.717, 1.165) is 5.56 Å².